The minimum atomic E-state index is 0.362. The Kier molecular flexibility index (Phi) is 4.23. The minimum absolute atomic E-state index is 0.362. The summed E-state index contributed by atoms with van der Waals surface area (Å²) in [6.07, 6.45) is 5.37. The third-order valence-corrected chi connectivity index (χ3v) is 4.96. The average molecular weight is 338 g/mol. The Morgan fingerprint density at radius 3 is 2.76 bits per heavy atom. The fourth-order valence-electron chi connectivity index (χ4n) is 3.43. The minimum Gasteiger partial charge on any atom is -0.497 e. The second-order valence-electron chi connectivity index (χ2n) is 6.30. The first kappa shape index (κ1) is 15.8. The van der Waals surface area contributed by atoms with Crippen LogP contribution in [0.3, 0.4) is 0 Å². The van der Waals surface area contributed by atoms with Crippen LogP contribution in [0.15, 0.2) is 43.0 Å². The van der Waals surface area contributed by atoms with Gasteiger partial charge in [-0.25, -0.2) is 0 Å². The van der Waals surface area contributed by atoms with Crippen molar-refractivity contribution in [3.63, 3.8) is 0 Å². The fraction of sp³-hybridized carbons (Fsp3) is 0.389. The number of fused-ring (bicyclic) bond motifs is 1. The maximum absolute atomic E-state index is 5.35. The number of nitrogens with zero attached hydrogens (tertiary/aromatic N) is 6. The molecule has 0 unspecified atom stereocenters. The Bertz CT molecular complexity index is 855. The van der Waals surface area contributed by atoms with Gasteiger partial charge in [0.05, 0.1) is 19.5 Å². The lowest BCUT2D eigenvalue weighted by molar-refractivity contribution is 0.198. The molecule has 1 aromatic carbocycles. The first-order chi connectivity index (χ1) is 12.3. The van der Waals surface area contributed by atoms with Gasteiger partial charge >= 0.3 is 0 Å². The summed E-state index contributed by atoms with van der Waals surface area (Å²) >= 11 is 0. The van der Waals surface area contributed by atoms with Gasteiger partial charge in [-0.15, -0.1) is 10.2 Å². The molecule has 0 N–H and O–H groups in total. The lowest BCUT2D eigenvalue weighted by atomic mass is 10.1. The van der Waals surface area contributed by atoms with E-state index in [9.17, 15) is 0 Å². The number of ether oxygens (including phenoxy) is 1. The molecule has 1 fully saturated rings. The Morgan fingerprint density at radius 1 is 1.12 bits per heavy atom. The quantitative estimate of drug-likeness (QED) is 0.725. The fourth-order valence-corrected chi connectivity index (χ4v) is 3.43. The van der Waals surface area contributed by atoms with E-state index >= 15 is 0 Å². The van der Waals surface area contributed by atoms with Crippen molar-refractivity contribution < 1.29 is 4.74 Å². The number of anilines is 1. The van der Waals surface area contributed by atoms with Gasteiger partial charge in [-0.2, -0.15) is 0 Å². The molecule has 0 spiro atoms. The highest BCUT2D eigenvalue weighted by Gasteiger charge is 2.23. The number of methoxy groups -OCH3 is 1. The standard InChI is InChI=1S/C18H22N6O/c1-14(15-4-3-5-16(10-15)25-2)22-6-8-23(9-7-22)18-12-19-11-17-21-20-13-24(17)18/h3-5,10-14H,6-9H2,1-2H3/t14-/m1/s1. The summed E-state index contributed by atoms with van der Waals surface area (Å²) in [6.45, 7) is 6.15. The molecule has 7 nitrogen and oxygen atoms in total. The second kappa shape index (κ2) is 6.68. The van der Waals surface area contributed by atoms with Gasteiger partial charge in [-0.05, 0) is 24.6 Å². The van der Waals surface area contributed by atoms with Crippen LogP contribution in [0.2, 0.25) is 0 Å². The number of piperazine rings is 1. The van der Waals surface area contributed by atoms with Gasteiger partial charge in [0.15, 0.2) is 5.65 Å². The molecule has 130 valence electrons. The maximum Gasteiger partial charge on any atom is 0.180 e. The topological polar surface area (TPSA) is 58.8 Å². The van der Waals surface area contributed by atoms with E-state index < -0.39 is 0 Å². The van der Waals surface area contributed by atoms with Crippen molar-refractivity contribution in [3.05, 3.63) is 48.5 Å². The predicted molar refractivity (Wildman–Crippen MR) is 96.0 cm³/mol. The molecule has 4 rings (SSSR count). The third kappa shape index (κ3) is 3.02. The number of hydrogen-bond donors (Lipinski definition) is 0. The number of benzene rings is 1. The van der Waals surface area contributed by atoms with Gasteiger partial charge in [-0.1, -0.05) is 12.1 Å². The molecule has 0 amide bonds. The highest BCUT2D eigenvalue weighted by Crippen LogP contribution is 2.26. The second-order valence-corrected chi connectivity index (χ2v) is 6.30. The Morgan fingerprint density at radius 2 is 1.96 bits per heavy atom. The van der Waals surface area contributed by atoms with E-state index in [1.54, 1.807) is 19.6 Å². The van der Waals surface area contributed by atoms with Crippen LogP contribution in [0.5, 0.6) is 5.75 Å². The highest BCUT2D eigenvalue weighted by molar-refractivity contribution is 5.47. The summed E-state index contributed by atoms with van der Waals surface area (Å²) in [5.74, 6) is 1.96. The summed E-state index contributed by atoms with van der Waals surface area (Å²) in [5.41, 5.74) is 2.07. The molecule has 7 heteroatoms. The average Bonchev–Trinajstić information content (AvgIpc) is 3.16. The molecule has 2 aromatic heterocycles. The molecule has 3 heterocycles. The van der Waals surface area contributed by atoms with E-state index in [4.69, 9.17) is 4.74 Å². The van der Waals surface area contributed by atoms with E-state index in [-0.39, 0.29) is 0 Å². The zero-order valence-electron chi connectivity index (χ0n) is 14.5. The molecule has 1 aliphatic rings. The summed E-state index contributed by atoms with van der Waals surface area (Å²) < 4.78 is 7.35. The van der Waals surface area contributed by atoms with E-state index in [0.717, 1.165) is 43.4 Å². The number of rotatable bonds is 4. The van der Waals surface area contributed by atoms with Gasteiger partial charge in [0.25, 0.3) is 0 Å². The van der Waals surface area contributed by atoms with Crippen molar-refractivity contribution >= 4 is 11.5 Å². The zero-order valence-corrected chi connectivity index (χ0v) is 14.5. The molecule has 0 aliphatic carbocycles. The molecule has 0 saturated carbocycles. The summed E-state index contributed by atoms with van der Waals surface area (Å²) in [7, 11) is 1.71. The first-order valence-corrected chi connectivity index (χ1v) is 8.53. The van der Waals surface area contributed by atoms with Gasteiger partial charge in [0.2, 0.25) is 0 Å². The summed E-state index contributed by atoms with van der Waals surface area (Å²) in [6, 6.07) is 8.70. The highest BCUT2D eigenvalue weighted by atomic mass is 16.5. The van der Waals surface area contributed by atoms with E-state index in [1.165, 1.54) is 5.56 Å². The van der Waals surface area contributed by atoms with E-state index in [2.05, 4.69) is 50.1 Å². The van der Waals surface area contributed by atoms with Crippen LogP contribution in [0.25, 0.3) is 5.65 Å². The van der Waals surface area contributed by atoms with Crippen LogP contribution in [-0.2, 0) is 0 Å². The van der Waals surface area contributed by atoms with Crippen molar-refractivity contribution in [2.24, 2.45) is 0 Å². The van der Waals surface area contributed by atoms with E-state index in [1.807, 2.05) is 16.7 Å². The Hall–Kier alpha value is -2.67. The van der Waals surface area contributed by atoms with Crippen molar-refractivity contribution in [2.45, 2.75) is 13.0 Å². The van der Waals surface area contributed by atoms with Crippen molar-refractivity contribution in [2.75, 3.05) is 38.2 Å². The van der Waals surface area contributed by atoms with Crippen LogP contribution in [-0.4, -0.2) is 57.8 Å². The smallest absolute Gasteiger partial charge is 0.180 e. The number of aromatic nitrogens is 4. The van der Waals surface area contributed by atoms with Crippen LogP contribution in [0.4, 0.5) is 5.82 Å². The van der Waals surface area contributed by atoms with Crippen LogP contribution < -0.4 is 9.64 Å². The number of hydrogen-bond acceptors (Lipinski definition) is 6. The molecule has 1 atom stereocenters. The molecular formula is C18H22N6O. The van der Waals surface area contributed by atoms with Crippen molar-refractivity contribution in [3.8, 4) is 5.75 Å². The van der Waals surface area contributed by atoms with Crippen molar-refractivity contribution in [1.29, 1.82) is 0 Å². The van der Waals surface area contributed by atoms with Crippen LogP contribution >= 0.6 is 0 Å². The van der Waals surface area contributed by atoms with Gasteiger partial charge in [0.1, 0.15) is 17.9 Å². The van der Waals surface area contributed by atoms with Crippen molar-refractivity contribution in [1.82, 2.24) is 24.5 Å². The Labute approximate surface area is 146 Å². The first-order valence-electron chi connectivity index (χ1n) is 8.53. The van der Waals surface area contributed by atoms with E-state index in [0.29, 0.717) is 6.04 Å². The van der Waals surface area contributed by atoms with Crippen LogP contribution in [0, 0.1) is 0 Å². The monoisotopic (exact) mass is 338 g/mol. The lowest BCUT2D eigenvalue weighted by Crippen LogP contribution is -2.47. The zero-order chi connectivity index (χ0) is 17.2. The molecule has 1 saturated heterocycles. The molecule has 0 bridgehead atoms. The molecule has 3 aromatic rings. The molecular weight excluding hydrogens is 316 g/mol. The third-order valence-electron chi connectivity index (χ3n) is 4.96. The van der Waals surface area contributed by atoms with Gasteiger partial charge in [-0.3, -0.25) is 14.3 Å². The predicted octanol–water partition coefficient (Wildman–Crippen LogP) is 2.02. The largest absolute Gasteiger partial charge is 0.497 e. The maximum atomic E-state index is 5.35. The Balaban J connectivity index is 1.47. The lowest BCUT2D eigenvalue weighted by Gasteiger charge is -2.39. The van der Waals surface area contributed by atoms with Gasteiger partial charge < -0.3 is 9.64 Å². The molecule has 1 aliphatic heterocycles. The summed E-state index contributed by atoms with van der Waals surface area (Å²) in [5, 5.41) is 8.05. The molecule has 25 heavy (non-hydrogen) atoms. The van der Waals surface area contributed by atoms with Gasteiger partial charge in [0, 0.05) is 32.2 Å². The normalized spacial score (nSPS) is 17.0. The SMILES string of the molecule is COc1cccc([C@@H](C)N2CCN(c3cncc4nncn34)CC2)c1. The summed E-state index contributed by atoms with van der Waals surface area (Å²) in [4.78, 5) is 9.14. The molecule has 0 radical (unpaired) electrons. The van der Waals surface area contributed by atoms with Crippen LogP contribution in [0.1, 0.15) is 18.5 Å².